The Morgan fingerprint density at radius 3 is 1.71 bits per heavy atom. The molecule has 0 aliphatic carbocycles. The summed E-state index contributed by atoms with van der Waals surface area (Å²) in [7, 11) is 0. The average Bonchev–Trinajstić information content (AvgIpc) is 2.37. The van der Waals surface area contributed by atoms with Crippen LogP contribution in [-0.4, -0.2) is 25.7 Å². The van der Waals surface area contributed by atoms with Crippen molar-refractivity contribution < 1.29 is 24.7 Å². The van der Waals surface area contributed by atoms with Gasteiger partial charge in [-0.2, -0.15) is 4.84 Å². The first-order chi connectivity index (χ1) is 9.73. The van der Waals surface area contributed by atoms with Crippen LogP contribution in [0, 0.1) is 40.5 Å². The molecule has 13 nitrogen and oxygen atoms in total. The van der Waals surface area contributed by atoms with Crippen LogP contribution in [0.3, 0.4) is 0 Å². The van der Waals surface area contributed by atoms with Crippen molar-refractivity contribution in [2.24, 2.45) is 0 Å². The lowest BCUT2D eigenvalue weighted by molar-refractivity contribution is -0.983. The monoisotopic (exact) mass is 302 g/mol. The van der Waals surface area contributed by atoms with Gasteiger partial charge in [-0.05, 0) is 0 Å². The van der Waals surface area contributed by atoms with Crippen molar-refractivity contribution in [2.75, 3.05) is 0 Å². The van der Waals surface area contributed by atoms with Crippen molar-refractivity contribution in [1.82, 2.24) is 0 Å². The van der Waals surface area contributed by atoms with Crippen molar-refractivity contribution in [3.63, 3.8) is 0 Å². The molecule has 112 valence electrons. The van der Waals surface area contributed by atoms with E-state index in [0.29, 0.717) is 0 Å². The fraction of sp³-hybridized carbons (Fsp3) is 0.250. The predicted molar refractivity (Wildman–Crippen MR) is 61.0 cm³/mol. The summed E-state index contributed by atoms with van der Waals surface area (Å²) in [4.78, 5) is 41.8. The molecule has 1 aromatic rings. The van der Waals surface area contributed by atoms with Crippen LogP contribution < -0.4 is 0 Å². The van der Waals surface area contributed by atoms with Crippen molar-refractivity contribution in [1.29, 1.82) is 0 Å². The molecule has 0 fully saturated rings. The Morgan fingerprint density at radius 2 is 1.38 bits per heavy atom. The normalized spacial score (nSPS) is 12.2. The van der Waals surface area contributed by atoms with E-state index in [-0.39, 0.29) is 0 Å². The molecule has 0 aromatic heterocycles. The van der Waals surface area contributed by atoms with Crippen LogP contribution in [0.4, 0.5) is 0 Å². The van der Waals surface area contributed by atoms with E-state index in [4.69, 9.17) is 0 Å². The summed E-state index contributed by atoms with van der Waals surface area (Å²) in [5.74, 6) is -4.09. The molecule has 1 atom stereocenters. The molecule has 0 heterocycles. The van der Waals surface area contributed by atoms with Gasteiger partial charge in [0.15, 0.2) is 0 Å². The second kappa shape index (κ2) is 5.72. The molecule has 21 heavy (non-hydrogen) atoms. The third kappa shape index (κ3) is 2.80. The van der Waals surface area contributed by atoms with Gasteiger partial charge in [0.05, 0.1) is 0 Å². The molecule has 0 aliphatic heterocycles. The summed E-state index contributed by atoms with van der Waals surface area (Å²) in [5.41, 5.74) is -0.488. The van der Waals surface area contributed by atoms with Crippen LogP contribution in [0.2, 0.25) is 0 Å². The fourth-order valence-corrected chi connectivity index (χ4v) is 1.60. The molecule has 1 aromatic carbocycles. The van der Waals surface area contributed by atoms with E-state index in [2.05, 4.69) is 4.84 Å². The molecule has 13 heteroatoms. The molecule has 0 saturated heterocycles. The van der Waals surface area contributed by atoms with E-state index in [1.54, 1.807) is 0 Å². The van der Waals surface area contributed by atoms with Gasteiger partial charge in [-0.1, -0.05) is 30.3 Å². The minimum atomic E-state index is -4.09. The molecule has 0 N–H and O–H groups in total. The van der Waals surface area contributed by atoms with Crippen molar-refractivity contribution in [3.05, 3.63) is 76.4 Å². The minimum Gasteiger partial charge on any atom is -0.263 e. The van der Waals surface area contributed by atoms with E-state index in [9.17, 15) is 40.5 Å². The Hall–Kier alpha value is -3.38. The highest BCUT2D eigenvalue weighted by Crippen LogP contribution is 2.33. The summed E-state index contributed by atoms with van der Waals surface area (Å²) in [6.45, 7) is 0. The summed E-state index contributed by atoms with van der Waals surface area (Å²) in [6.07, 6.45) is 0. The predicted octanol–water partition coefficient (Wildman–Crippen LogP) is 0.420. The van der Waals surface area contributed by atoms with Gasteiger partial charge in [-0.3, -0.25) is 30.3 Å². The van der Waals surface area contributed by atoms with E-state index in [1.165, 1.54) is 18.2 Å². The first-order valence-corrected chi connectivity index (χ1v) is 5.04. The topological polar surface area (TPSA) is 182 Å². The van der Waals surface area contributed by atoms with Crippen LogP contribution in [0.5, 0.6) is 0 Å². The first-order valence-electron chi connectivity index (χ1n) is 5.04. The first kappa shape index (κ1) is 15.7. The quantitative estimate of drug-likeness (QED) is 0.391. The van der Waals surface area contributed by atoms with Crippen molar-refractivity contribution >= 4 is 0 Å². The van der Waals surface area contributed by atoms with Crippen molar-refractivity contribution in [3.8, 4) is 0 Å². The van der Waals surface area contributed by atoms with Crippen LogP contribution in [0.25, 0.3) is 0 Å². The highest BCUT2D eigenvalue weighted by molar-refractivity contribution is 5.18. The van der Waals surface area contributed by atoms with Gasteiger partial charge in [0, 0.05) is 10.5 Å². The van der Waals surface area contributed by atoms with Gasteiger partial charge >= 0.3 is 17.0 Å². The zero-order valence-corrected chi connectivity index (χ0v) is 9.93. The molecule has 0 radical (unpaired) electrons. The maximum Gasteiger partial charge on any atom is 0.686 e. The Morgan fingerprint density at radius 1 is 0.905 bits per heavy atom. The zero-order valence-electron chi connectivity index (χ0n) is 9.93. The number of rotatable bonds is 7. The molecule has 0 aliphatic rings. The standard InChI is InChI=1S/C8H6N4O9/c13-9(14)7(6-4-2-1-3-5-6)8(10(15)16,11(17)18)21-12(19)20/h1-5,7H. The maximum absolute atomic E-state index is 11.0. The average molecular weight is 302 g/mol. The third-order valence-corrected chi connectivity index (χ3v) is 2.41. The molecular weight excluding hydrogens is 296 g/mol. The summed E-state index contributed by atoms with van der Waals surface area (Å²) < 4.78 is 0. The van der Waals surface area contributed by atoms with E-state index in [1.807, 2.05) is 0 Å². The lowest BCUT2D eigenvalue weighted by Gasteiger charge is -2.17. The SMILES string of the molecule is O=[N+]([O-])OC(C(c1ccccc1)[N+](=O)[O-])([N+](=O)[O-])[N+](=O)[O-]. The summed E-state index contributed by atoms with van der Waals surface area (Å²) in [6, 6.07) is 3.10. The van der Waals surface area contributed by atoms with E-state index in [0.717, 1.165) is 12.1 Å². The highest BCUT2D eigenvalue weighted by atomic mass is 17.0. The highest BCUT2D eigenvalue weighted by Gasteiger charge is 2.76. The number of hydrogen-bond acceptors (Lipinski definition) is 9. The largest absolute Gasteiger partial charge is 0.686 e. The molecule has 1 unspecified atom stereocenters. The number of nitro groups is 3. The lowest BCUT2D eigenvalue weighted by atomic mass is 10.0. The second-order valence-electron chi connectivity index (χ2n) is 3.59. The van der Waals surface area contributed by atoms with Crippen LogP contribution >= 0.6 is 0 Å². The Labute approximate surface area is 114 Å². The van der Waals surface area contributed by atoms with E-state index < -0.39 is 37.3 Å². The minimum absolute atomic E-state index is 0.488. The second-order valence-corrected chi connectivity index (χ2v) is 3.59. The van der Waals surface area contributed by atoms with Gasteiger partial charge in [0.1, 0.15) is 9.85 Å². The Bertz CT molecular complexity index is 575. The molecule has 1 rings (SSSR count). The third-order valence-electron chi connectivity index (χ3n) is 2.41. The lowest BCUT2D eigenvalue weighted by Crippen LogP contribution is -2.56. The maximum atomic E-state index is 11.0. The molecule has 0 saturated carbocycles. The fourth-order valence-electron chi connectivity index (χ4n) is 1.60. The van der Waals surface area contributed by atoms with Gasteiger partial charge in [0.2, 0.25) is 0 Å². The van der Waals surface area contributed by atoms with Crippen LogP contribution in [0.1, 0.15) is 11.6 Å². The van der Waals surface area contributed by atoms with Crippen LogP contribution in [0.15, 0.2) is 30.3 Å². The Kier molecular flexibility index (Phi) is 4.27. The van der Waals surface area contributed by atoms with Gasteiger partial charge in [-0.25, -0.2) is 0 Å². The summed E-state index contributed by atoms with van der Waals surface area (Å²) in [5, 5.41) is 41.4. The molecular formula is C8H6N4O9. The van der Waals surface area contributed by atoms with Crippen LogP contribution in [-0.2, 0) is 4.84 Å². The van der Waals surface area contributed by atoms with Crippen molar-refractivity contribution in [2.45, 2.75) is 11.9 Å². The molecule has 0 bridgehead atoms. The van der Waals surface area contributed by atoms with Gasteiger partial charge in [-0.15, -0.1) is 10.1 Å². The van der Waals surface area contributed by atoms with Gasteiger partial charge < -0.3 is 0 Å². The number of hydrogen-bond donors (Lipinski definition) is 0. The smallest absolute Gasteiger partial charge is 0.263 e. The molecule has 0 amide bonds. The number of benzene rings is 1. The zero-order chi connectivity index (χ0) is 16.2. The summed E-state index contributed by atoms with van der Waals surface area (Å²) >= 11 is 0. The number of nitrogens with zero attached hydrogens (tertiary/aromatic N) is 4. The van der Waals surface area contributed by atoms with E-state index >= 15 is 0 Å². The van der Waals surface area contributed by atoms with Gasteiger partial charge in [0.25, 0.3) is 0 Å². The Balaban J connectivity index is 3.59. The molecule has 0 spiro atoms.